The smallest absolute Gasteiger partial charge is 0.251 e. The fraction of sp³-hybridized carbons (Fsp3) is 0.588. The average molecular weight is 306 g/mol. The van der Waals surface area contributed by atoms with Crippen molar-refractivity contribution in [3.8, 4) is 0 Å². The molecular formula is C17H26N2O3. The number of rotatable bonds is 7. The summed E-state index contributed by atoms with van der Waals surface area (Å²) in [6.07, 6.45) is 3.38. The van der Waals surface area contributed by atoms with Crippen molar-refractivity contribution in [2.75, 3.05) is 31.7 Å². The van der Waals surface area contributed by atoms with E-state index in [-0.39, 0.29) is 19.1 Å². The molecule has 1 aliphatic heterocycles. The van der Waals surface area contributed by atoms with E-state index in [0.29, 0.717) is 17.5 Å². The summed E-state index contributed by atoms with van der Waals surface area (Å²) in [5, 5.41) is 14.9. The Morgan fingerprint density at radius 1 is 1.41 bits per heavy atom. The molecule has 0 spiro atoms. The van der Waals surface area contributed by atoms with E-state index in [2.05, 4.69) is 17.6 Å². The maximum absolute atomic E-state index is 11.9. The van der Waals surface area contributed by atoms with E-state index < -0.39 is 0 Å². The van der Waals surface area contributed by atoms with Gasteiger partial charge in [-0.15, -0.1) is 0 Å². The Labute approximate surface area is 132 Å². The van der Waals surface area contributed by atoms with Crippen molar-refractivity contribution in [3.63, 3.8) is 0 Å². The van der Waals surface area contributed by atoms with E-state index >= 15 is 0 Å². The number of hydrogen-bond donors (Lipinski definition) is 3. The monoisotopic (exact) mass is 306 g/mol. The molecule has 5 heteroatoms. The van der Waals surface area contributed by atoms with Gasteiger partial charge in [0.15, 0.2) is 0 Å². The lowest BCUT2D eigenvalue weighted by molar-refractivity contribution is 0.0629. The number of anilines is 1. The normalized spacial score (nSPS) is 17.0. The maximum Gasteiger partial charge on any atom is 0.251 e. The fourth-order valence-corrected chi connectivity index (χ4v) is 2.85. The van der Waals surface area contributed by atoms with Crippen molar-refractivity contribution >= 4 is 11.6 Å². The quantitative estimate of drug-likeness (QED) is 0.721. The molecule has 0 saturated carbocycles. The average Bonchev–Trinajstić information content (AvgIpc) is 2.53. The van der Waals surface area contributed by atoms with Crippen LogP contribution >= 0.6 is 0 Å². The number of benzene rings is 1. The first-order valence-electron chi connectivity index (χ1n) is 8.02. The first-order chi connectivity index (χ1) is 10.7. The second-order valence-electron chi connectivity index (χ2n) is 5.90. The van der Waals surface area contributed by atoms with Gasteiger partial charge in [0.25, 0.3) is 5.91 Å². The predicted molar refractivity (Wildman–Crippen MR) is 87.1 cm³/mol. The van der Waals surface area contributed by atoms with Crippen LogP contribution < -0.4 is 10.6 Å². The molecule has 22 heavy (non-hydrogen) atoms. The van der Waals surface area contributed by atoms with Crippen LogP contribution in [0.1, 0.15) is 36.5 Å². The Balaban J connectivity index is 1.87. The Morgan fingerprint density at radius 3 is 2.91 bits per heavy atom. The Kier molecular flexibility index (Phi) is 6.68. The van der Waals surface area contributed by atoms with Gasteiger partial charge in [-0.3, -0.25) is 4.79 Å². The van der Waals surface area contributed by atoms with Gasteiger partial charge in [0.1, 0.15) is 0 Å². The first-order valence-corrected chi connectivity index (χ1v) is 8.02. The van der Waals surface area contributed by atoms with Crippen LogP contribution in [0.5, 0.6) is 0 Å². The highest BCUT2D eigenvalue weighted by Crippen LogP contribution is 2.22. The van der Waals surface area contributed by atoms with Crippen LogP contribution in [0.15, 0.2) is 24.3 Å². The third-order valence-corrected chi connectivity index (χ3v) is 3.96. The molecule has 0 aliphatic carbocycles. The molecule has 3 N–H and O–H groups in total. The third kappa shape index (κ3) is 5.31. The molecule has 1 aliphatic rings. The van der Waals surface area contributed by atoms with Gasteiger partial charge in [-0.05, 0) is 50.3 Å². The Bertz CT molecular complexity index is 473. The highest BCUT2D eigenvalue weighted by Gasteiger charge is 2.17. The molecule has 0 bridgehead atoms. The predicted octanol–water partition coefficient (Wildman–Crippen LogP) is 2.03. The molecule has 2 rings (SSSR count). The minimum Gasteiger partial charge on any atom is -0.395 e. The minimum atomic E-state index is -0.158. The third-order valence-electron chi connectivity index (χ3n) is 3.96. The molecule has 1 unspecified atom stereocenters. The van der Waals surface area contributed by atoms with Crippen LogP contribution in [-0.2, 0) is 4.74 Å². The molecule has 1 aromatic rings. The fourth-order valence-electron chi connectivity index (χ4n) is 2.85. The summed E-state index contributed by atoms with van der Waals surface area (Å²) in [4.78, 5) is 11.9. The SMILES string of the molecule is CC(CC1CCOCC1)Nc1cccc(C(=O)NCCO)c1. The summed E-state index contributed by atoms with van der Waals surface area (Å²) in [7, 11) is 0. The summed E-state index contributed by atoms with van der Waals surface area (Å²) in [6.45, 7) is 4.15. The lowest BCUT2D eigenvalue weighted by atomic mass is 9.93. The maximum atomic E-state index is 11.9. The standard InChI is InChI=1S/C17H26N2O3/c1-13(11-14-5-9-22-10-6-14)19-16-4-2-3-15(12-16)17(21)18-7-8-20/h2-4,12-14,19-20H,5-11H2,1H3,(H,18,21). The lowest BCUT2D eigenvalue weighted by Crippen LogP contribution is -2.27. The molecule has 1 amide bonds. The summed E-state index contributed by atoms with van der Waals surface area (Å²) in [5.41, 5.74) is 1.56. The van der Waals surface area contributed by atoms with Crippen LogP contribution in [0.25, 0.3) is 0 Å². The van der Waals surface area contributed by atoms with Crippen molar-refractivity contribution in [2.24, 2.45) is 5.92 Å². The summed E-state index contributed by atoms with van der Waals surface area (Å²) < 4.78 is 5.39. The van der Waals surface area contributed by atoms with Gasteiger partial charge < -0.3 is 20.5 Å². The van der Waals surface area contributed by atoms with Crippen molar-refractivity contribution in [3.05, 3.63) is 29.8 Å². The molecule has 1 saturated heterocycles. The summed E-state index contributed by atoms with van der Waals surface area (Å²) in [5.74, 6) is 0.557. The van der Waals surface area contributed by atoms with Crippen LogP contribution in [0, 0.1) is 5.92 Å². The van der Waals surface area contributed by atoms with E-state index in [9.17, 15) is 4.79 Å². The first kappa shape index (κ1) is 16.8. The molecule has 122 valence electrons. The van der Waals surface area contributed by atoms with E-state index in [0.717, 1.165) is 38.2 Å². The van der Waals surface area contributed by atoms with Crippen molar-refractivity contribution in [2.45, 2.75) is 32.2 Å². The second kappa shape index (κ2) is 8.76. The van der Waals surface area contributed by atoms with Crippen LogP contribution in [0.4, 0.5) is 5.69 Å². The van der Waals surface area contributed by atoms with Gasteiger partial charge in [0, 0.05) is 37.1 Å². The topological polar surface area (TPSA) is 70.6 Å². The van der Waals surface area contributed by atoms with Gasteiger partial charge in [-0.2, -0.15) is 0 Å². The minimum absolute atomic E-state index is 0.0498. The Morgan fingerprint density at radius 2 is 2.18 bits per heavy atom. The van der Waals surface area contributed by atoms with Crippen LogP contribution in [0.3, 0.4) is 0 Å². The largest absolute Gasteiger partial charge is 0.395 e. The number of aliphatic hydroxyl groups excluding tert-OH is 1. The van der Waals surface area contributed by atoms with E-state index in [1.165, 1.54) is 0 Å². The van der Waals surface area contributed by atoms with E-state index in [1.807, 2.05) is 18.2 Å². The van der Waals surface area contributed by atoms with Crippen molar-refractivity contribution < 1.29 is 14.6 Å². The molecule has 1 fully saturated rings. The molecule has 0 aromatic heterocycles. The molecular weight excluding hydrogens is 280 g/mol. The van der Waals surface area contributed by atoms with Crippen molar-refractivity contribution in [1.82, 2.24) is 5.32 Å². The van der Waals surface area contributed by atoms with Gasteiger partial charge in [-0.25, -0.2) is 0 Å². The van der Waals surface area contributed by atoms with Crippen molar-refractivity contribution in [1.29, 1.82) is 0 Å². The highest BCUT2D eigenvalue weighted by molar-refractivity contribution is 5.95. The number of carbonyl (C=O) groups is 1. The summed E-state index contributed by atoms with van der Waals surface area (Å²) in [6, 6.07) is 7.84. The summed E-state index contributed by atoms with van der Waals surface area (Å²) >= 11 is 0. The Hall–Kier alpha value is -1.59. The number of aliphatic hydroxyl groups is 1. The lowest BCUT2D eigenvalue weighted by Gasteiger charge is -2.26. The van der Waals surface area contributed by atoms with Gasteiger partial charge in [0.05, 0.1) is 6.61 Å². The van der Waals surface area contributed by atoms with Crippen LogP contribution in [0.2, 0.25) is 0 Å². The second-order valence-corrected chi connectivity index (χ2v) is 5.90. The van der Waals surface area contributed by atoms with Crippen LogP contribution in [-0.4, -0.2) is 43.4 Å². The molecule has 1 heterocycles. The number of amides is 1. The van der Waals surface area contributed by atoms with Gasteiger partial charge in [-0.1, -0.05) is 6.07 Å². The number of hydrogen-bond acceptors (Lipinski definition) is 4. The molecule has 1 atom stereocenters. The van der Waals surface area contributed by atoms with Gasteiger partial charge >= 0.3 is 0 Å². The zero-order valence-electron chi connectivity index (χ0n) is 13.2. The number of ether oxygens (including phenoxy) is 1. The van der Waals surface area contributed by atoms with Gasteiger partial charge in [0.2, 0.25) is 0 Å². The van der Waals surface area contributed by atoms with E-state index in [4.69, 9.17) is 9.84 Å². The molecule has 1 aromatic carbocycles. The zero-order chi connectivity index (χ0) is 15.8. The highest BCUT2D eigenvalue weighted by atomic mass is 16.5. The number of nitrogens with one attached hydrogen (secondary N) is 2. The molecule has 0 radical (unpaired) electrons. The zero-order valence-corrected chi connectivity index (χ0v) is 13.2. The van der Waals surface area contributed by atoms with E-state index in [1.54, 1.807) is 6.07 Å². The molecule has 5 nitrogen and oxygen atoms in total. The number of carbonyl (C=O) groups excluding carboxylic acids is 1.